The molecule has 1 aliphatic carbocycles. The third-order valence-electron chi connectivity index (χ3n) is 4.12. The zero-order valence-corrected chi connectivity index (χ0v) is 13.0. The zero-order valence-electron chi connectivity index (χ0n) is 12.3. The van der Waals surface area contributed by atoms with Crippen molar-refractivity contribution in [1.29, 1.82) is 0 Å². The molecule has 1 fully saturated rings. The second-order valence-corrected chi connectivity index (χ2v) is 6.39. The second-order valence-electron chi connectivity index (χ2n) is 5.95. The molecule has 2 rings (SSSR count). The molecule has 5 heteroatoms. The summed E-state index contributed by atoms with van der Waals surface area (Å²) in [4.78, 5) is 25.4. The minimum Gasteiger partial charge on any atom is -0.481 e. The van der Waals surface area contributed by atoms with Crippen LogP contribution in [0.15, 0.2) is 24.3 Å². The molecule has 1 aliphatic rings. The minimum atomic E-state index is -0.867. The molecule has 1 saturated carbocycles. The van der Waals surface area contributed by atoms with Crippen LogP contribution in [0, 0.1) is 17.8 Å². The van der Waals surface area contributed by atoms with Gasteiger partial charge in [0.25, 0.3) is 0 Å². The summed E-state index contributed by atoms with van der Waals surface area (Å²) in [6.45, 7) is 2.44. The monoisotopic (exact) mass is 309 g/mol. The molecule has 3 atom stereocenters. The third kappa shape index (κ3) is 3.76. The molecule has 4 nitrogen and oxygen atoms in total. The van der Waals surface area contributed by atoms with Gasteiger partial charge in [0.2, 0.25) is 5.91 Å². The van der Waals surface area contributed by atoms with Crippen molar-refractivity contribution in [1.82, 2.24) is 4.90 Å². The van der Waals surface area contributed by atoms with Crippen LogP contribution in [0.4, 0.5) is 0 Å². The molecule has 0 heterocycles. The van der Waals surface area contributed by atoms with E-state index in [1.807, 2.05) is 25.1 Å². The SMILES string of the molecule is CC1C[C@H](C(=O)N(C)Cc2cccc(Cl)c2)[C@H](C(=O)O)C1. The average molecular weight is 310 g/mol. The molecular weight excluding hydrogens is 290 g/mol. The Labute approximate surface area is 129 Å². The van der Waals surface area contributed by atoms with E-state index >= 15 is 0 Å². The van der Waals surface area contributed by atoms with Gasteiger partial charge in [0.15, 0.2) is 0 Å². The van der Waals surface area contributed by atoms with E-state index in [1.54, 1.807) is 18.0 Å². The Balaban J connectivity index is 2.06. The largest absolute Gasteiger partial charge is 0.481 e. The Bertz CT molecular complexity index is 546. The van der Waals surface area contributed by atoms with Crippen LogP contribution in [0.5, 0.6) is 0 Å². The summed E-state index contributed by atoms with van der Waals surface area (Å²) in [6, 6.07) is 7.35. The maximum Gasteiger partial charge on any atom is 0.307 e. The van der Waals surface area contributed by atoms with E-state index in [9.17, 15) is 14.7 Å². The second kappa shape index (κ2) is 6.48. The lowest BCUT2D eigenvalue weighted by Crippen LogP contribution is -2.36. The van der Waals surface area contributed by atoms with Gasteiger partial charge in [-0.05, 0) is 36.5 Å². The van der Waals surface area contributed by atoms with Crippen molar-refractivity contribution in [2.45, 2.75) is 26.3 Å². The fourth-order valence-electron chi connectivity index (χ4n) is 3.11. The van der Waals surface area contributed by atoms with Crippen LogP contribution in [0.2, 0.25) is 5.02 Å². The number of hydrogen-bond donors (Lipinski definition) is 1. The lowest BCUT2D eigenvalue weighted by Gasteiger charge is -2.23. The van der Waals surface area contributed by atoms with E-state index in [0.29, 0.717) is 24.4 Å². The summed E-state index contributed by atoms with van der Waals surface area (Å²) in [7, 11) is 1.71. The van der Waals surface area contributed by atoms with Crippen LogP contribution >= 0.6 is 11.6 Å². The van der Waals surface area contributed by atoms with Gasteiger partial charge in [-0.25, -0.2) is 0 Å². The van der Waals surface area contributed by atoms with Gasteiger partial charge in [0, 0.05) is 18.6 Å². The molecule has 1 N–H and O–H groups in total. The Kier molecular flexibility index (Phi) is 4.88. The van der Waals surface area contributed by atoms with Crippen molar-refractivity contribution in [3.8, 4) is 0 Å². The number of carboxylic acids is 1. The molecule has 1 aromatic carbocycles. The van der Waals surface area contributed by atoms with E-state index in [1.165, 1.54) is 0 Å². The topological polar surface area (TPSA) is 57.6 Å². The molecular formula is C16H20ClNO3. The number of amides is 1. The number of halogens is 1. The highest BCUT2D eigenvalue weighted by atomic mass is 35.5. The fraction of sp³-hybridized carbons (Fsp3) is 0.500. The Morgan fingerprint density at radius 3 is 2.62 bits per heavy atom. The van der Waals surface area contributed by atoms with E-state index in [2.05, 4.69) is 0 Å². The predicted molar refractivity (Wildman–Crippen MR) is 80.9 cm³/mol. The van der Waals surface area contributed by atoms with E-state index in [0.717, 1.165) is 5.56 Å². The van der Waals surface area contributed by atoms with Gasteiger partial charge in [-0.1, -0.05) is 30.7 Å². The molecule has 0 saturated heterocycles. The number of carboxylic acid groups (broad SMARTS) is 1. The molecule has 1 unspecified atom stereocenters. The highest BCUT2D eigenvalue weighted by molar-refractivity contribution is 6.30. The van der Waals surface area contributed by atoms with Crippen molar-refractivity contribution >= 4 is 23.5 Å². The normalized spacial score (nSPS) is 24.8. The van der Waals surface area contributed by atoms with Crippen molar-refractivity contribution in [2.75, 3.05) is 7.05 Å². The highest BCUT2D eigenvalue weighted by Crippen LogP contribution is 2.37. The van der Waals surface area contributed by atoms with Gasteiger partial charge in [0.05, 0.1) is 11.8 Å². The number of benzene rings is 1. The lowest BCUT2D eigenvalue weighted by molar-refractivity contribution is -0.148. The van der Waals surface area contributed by atoms with Crippen LogP contribution in [-0.4, -0.2) is 28.9 Å². The van der Waals surface area contributed by atoms with Crippen molar-refractivity contribution < 1.29 is 14.7 Å². The summed E-state index contributed by atoms with van der Waals surface area (Å²) >= 11 is 5.94. The van der Waals surface area contributed by atoms with E-state index in [-0.39, 0.29) is 11.8 Å². The van der Waals surface area contributed by atoms with Crippen molar-refractivity contribution in [2.24, 2.45) is 17.8 Å². The lowest BCUT2D eigenvalue weighted by atomic mass is 9.95. The fourth-order valence-corrected chi connectivity index (χ4v) is 3.32. The van der Waals surface area contributed by atoms with Gasteiger partial charge in [-0.3, -0.25) is 9.59 Å². The molecule has 0 bridgehead atoms. The first-order valence-corrected chi connectivity index (χ1v) is 7.48. The first kappa shape index (κ1) is 15.8. The maximum absolute atomic E-state index is 12.5. The smallest absolute Gasteiger partial charge is 0.307 e. The summed E-state index contributed by atoms with van der Waals surface area (Å²) in [5, 5.41) is 9.90. The predicted octanol–water partition coefficient (Wildman–Crippen LogP) is 3.05. The summed E-state index contributed by atoms with van der Waals surface area (Å²) in [5.41, 5.74) is 0.941. The number of hydrogen-bond acceptors (Lipinski definition) is 2. The standard InChI is InChI=1S/C16H20ClNO3/c1-10-6-13(14(7-10)16(20)21)15(19)18(2)9-11-4-3-5-12(17)8-11/h3-5,8,10,13-14H,6-7,9H2,1-2H3,(H,20,21)/t10?,13-,14+/m0/s1. The first-order chi connectivity index (χ1) is 9.88. The number of carbonyl (C=O) groups excluding carboxylic acids is 1. The molecule has 0 aromatic heterocycles. The molecule has 0 spiro atoms. The number of aliphatic carboxylic acids is 1. The Hall–Kier alpha value is -1.55. The van der Waals surface area contributed by atoms with Crippen molar-refractivity contribution in [3.63, 3.8) is 0 Å². The number of rotatable bonds is 4. The van der Waals surface area contributed by atoms with Crippen LogP contribution in [-0.2, 0) is 16.1 Å². The number of nitrogens with zero attached hydrogens (tertiary/aromatic N) is 1. The molecule has 114 valence electrons. The quantitative estimate of drug-likeness (QED) is 0.930. The molecule has 0 radical (unpaired) electrons. The summed E-state index contributed by atoms with van der Waals surface area (Å²) < 4.78 is 0. The summed E-state index contributed by atoms with van der Waals surface area (Å²) in [6.07, 6.45) is 1.23. The third-order valence-corrected chi connectivity index (χ3v) is 4.35. The average Bonchev–Trinajstić information content (AvgIpc) is 2.80. The molecule has 1 amide bonds. The van der Waals surface area contributed by atoms with Crippen molar-refractivity contribution in [3.05, 3.63) is 34.9 Å². The Morgan fingerprint density at radius 2 is 2.00 bits per heavy atom. The first-order valence-electron chi connectivity index (χ1n) is 7.10. The van der Waals surface area contributed by atoms with E-state index < -0.39 is 17.8 Å². The van der Waals surface area contributed by atoms with Gasteiger partial charge in [-0.2, -0.15) is 0 Å². The van der Waals surface area contributed by atoms with Gasteiger partial charge in [-0.15, -0.1) is 0 Å². The van der Waals surface area contributed by atoms with Crippen LogP contribution in [0.1, 0.15) is 25.3 Å². The van der Waals surface area contributed by atoms with Gasteiger partial charge >= 0.3 is 5.97 Å². The maximum atomic E-state index is 12.5. The van der Waals surface area contributed by atoms with Crippen LogP contribution in [0.3, 0.4) is 0 Å². The van der Waals surface area contributed by atoms with E-state index in [4.69, 9.17) is 11.6 Å². The molecule has 21 heavy (non-hydrogen) atoms. The van der Waals surface area contributed by atoms with Crippen LogP contribution < -0.4 is 0 Å². The Morgan fingerprint density at radius 1 is 1.33 bits per heavy atom. The molecule has 0 aliphatic heterocycles. The molecule has 1 aromatic rings. The number of carbonyl (C=O) groups is 2. The van der Waals surface area contributed by atoms with Crippen LogP contribution in [0.25, 0.3) is 0 Å². The zero-order chi connectivity index (χ0) is 15.6. The minimum absolute atomic E-state index is 0.0910. The van der Waals surface area contributed by atoms with Gasteiger partial charge in [0.1, 0.15) is 0 Å². The summed E-state index contributed by atoms with van der Waals surface area (Å²) in [5.74, 6) is -1.66. The highest BCUT2D eigenvalue weighted by Gasteiger charge is 2.42. The van der Waals surface area contributed by atoms with Gasteiger partial charge < -0.3 is 10.0 Å².